The van der Waals surface area contributed by atoms with Crippen molar-refractivity contribution >= 4 is 29.3 Å². The highest BCUT2D eigenvalue weighted by Gasteiger charge is 2.05. The summed E-state index contributed by atoms with van der Waals surface area (Å²) in [5.74, 6) is -0.823. The van der Waals surface area contributed by atoms with E-state index < -0.39 is 5.97 Å². The van der Waals surface area contributed by atoms with E-state index >= 15 is 0 Å². The van der Waals surface area contributed by atoms with E-state index in [2.05, 4.69) is 10.6 Å². The summed E-state index contributed by atoms with van der Waals surface area (Å²) in [7, 11) is 0. The third kappa shape index (κ3) is 6.10. The largest absolute Gasteiger partial charge is 0.481 e. The van der Waals surface area contributed by atoms with Crippen molar-refractivity contribution in [2.24, 2.45) is 0 Å². The number of urea groups is 1. The van der Waals surface area contributed by atoms with Gasteiger partial charge in [0.05, 0.1) is 10.7 Å². The molecule has 0 unspecified atom stereocenters. The third-order valence-corrected chi connectivity index (χ3v) is 2.80. The van der Waals surface area contributed by atoms with Gasteiger partial charge < -0.3 is 15.7 Å². The van der Waals surface area contributed by atoms with Crippen molar-refractivity contribution in [3.63, 3.8) is 0 Å². The molecule has 0 aliphatic heterocycles. The van der Waals surface area contributed by atoms with E-state index in [0.717, 1.165) is 5.56 Å². The van der Waals surface area contributed by atoms with Gasteiger partial charge in [0, 0.05) is 13.0 Å². The predicted molar refractivity (Wildman–Crippen MR) is 74.7 cm³/mol. The minimum Gasteiger partial charge on any atom is -0.481 e. The smallest absolute Gasteiger partial charge is 0.319 e. The van der Waals surface area contributed by atoms with Crippen LogP contribution in [0.25, 0.3) is 0 Å². The Labute approximate surface area is 117 Å². The van der Waals surface area contributed by atoms with Gasteiger partial charge in [0.25, 0.3) is 0 Å². The van der Waals surface area contributed by atoms with Crippen LogP contribution in [0.3, 0.4) is 0 Å². The van der Waals surface area contributed by atoms with Crippen molar-refractivity contribution in [3.8, 4) is 0 Å². The molecule has 104 valence electrons. The van der Waals surface area contributed by atoms with E-state index in [1.807, 2.05) is 13.0 Å². The van der Waals surface area contributed by atoms with Crippen LogP contribution in [-0.2, 0) is 4.79 Å². The van der Waals surface area contributed by atoms with E-state index in [1.165, 1.54) is 0 Å². The normalized spacial score (nSPS) is 10.0. The van der Waals surface area contributed by atoms with E-state index in [0.29, 0.717) is 30.1 Å². The molecular formula is C13H17ClN2O3. The van der Waals surface area contributed by atoms with Gasteiger partial charge >= 0.3 is 12.0 Å². The Morgan fingerprint density at radius 3 is 2.74 bits per heavy atom. The highest BCUT2D eigenvalue weighted by atomic mass is 35.5. The second-order valence-electron chi connectivity index (χ2n) is 4.22. The van der Waals surface area contributed by atoms with Crippen molar-refractivity contribution < 1.29 is 14.7 Å². The summed E-state index contributed by atoms with van der Waals surface area (Å²) in [6, 6.07) is 5.02. The first kappa shape index (κ1) is 15.3. The summed E-state index contributed by atoms with van der Waals surface area (Å²) in [5, 5.41) is 14.2. The average Bonchev–Trinajstić information content (AvgIpc) is 2.33. The second-order valence-corrected chi connectivity index (χ2v) is 4.62. The lowest BCUT2D eigenvalue weighted by atomic mass is 10.2. The van der Waals surface area contributed by atoms with Gasteiger partial charge in [0.1, 0.15) is 0 Å². The number of anilines is 1. The van der Waals surface area contributed by atoms with E-state index in [9.17, 15) is 9.59 Å². The Hall–Kier alpha value is -1.75. The predicted octanol–water partition coefficient (Wildman–Crippen LogP) is 3.02. The molecule has 0 saturated carbocycles. The van der Waals surface area contributed by atoms with E-state index in [4.69, 9.17) is 16.7 Å². The number of aryl methyl sites for hydroxylation is 1. The van der Waals surface area contributed by atoms with Crippen LogP contribution < -0.4 is 10.6 Å². The van der Waals surface area contributed by atoms with Crippen molar-refractivity contribution in [3.05, 3.63) is 28.8 Å². The van der Waals surface area contributed by atoms with Crippen LogP contribution in [0, 0.1) is 6.92 Å². The number of nitrogens with one attached hydrogen (secondary N) is 2. The second kappa shape index (κ2) is 7.63. The van der Waals surface area contributed by atoms with Crippen molar-refractivity contribution in [2.45, 2.75) is 26.2 Å². The maximum atomic E-state index is 11.6. The number of hydrogen-bond donors (Lipinski definition) is 3. The highest BCUT2D eigenvalue weighted by Crippen LogP contribution is 2.22. The Kier molecular flexibility index (Phi) is 6.15. The SMILES string of the molecule is Cc1ccc(Cl)c(NC(=O)NCCCCC(=O)O)c1. The minimum atomic E-state index is -0.823. The van der Waals surface area contributed by atoms with Gasteiger partial charge in [-0.25, -0.2) is 4.79 Å². The number of carboxylic acid groups (broad SMARTS) is 1. The Bertz CT molecular complexity index is 463. The van der Waals surface area contributed by atoms with Gasteiger partial charge in [-0.15, -0.1) is 0 Å². The van der Waals surface area contributed by atoms with Gasteiger partial charge in [-0.2, -0.15) is 0 Å². The van der Waals surface area contributed by atoms with Crippen LogP contribution in [0.5, 0.6) is 0 Å². The van der Waals surface area contributed by atoms with Crippen LogP contribution in [-0.4, -0.2) is 23.7 Å². The summed E-state index contributed by atoms with van der Waals surface area (Å²) < 4.78 is 0. The maximum absolute atomic E-state index is 11.6. The molecule has 0 bridgehead atoms. The fraction of sp³-hybridized carbons (Fsp3) is 0.385. The summed E-state index contributed by atoms with van der Waals surface area (Å²) >= 11 is 5.95. The molecule has 1 aromatic carbocycles. The Morgan fingerprint density at radius 1 is 1.32 bits per heavy atom. The van der Waals surface area contributed by atoms with Crippen LogP contribution in [0.4, 0.5) is 10.5 Å². The number of benzene rings is 1. The van der Waals surface area contributed by atoms with Gasteiger partial charge in [-0.3, -0.25) is 4.79 Å². The number of amides is 2. The van der Waals surface area contributed by atoms with Crippen LogP contribution >= 0.6 is 11.6 Å². The summed E-state index contributed by atoms with van der Waals surface area (Å²) in [6.07, 6.45) is 1.29. The number of rotatable bonds is 6. The maximum Gasteiger partial charge on any atom is 0.319 e. The fourth-order valence-corrected chi connectivity index (χ4v) is 1.67. The van der Waals surface area contributed by atoms with Gasteiger partial charge in [-0.1, -0.05) is 17.7 Å². The Morgan fingerprint density at radius 2 is 2.05 bits per heavy atom. The molecule has 0 aliphatic carbocycles. The third-order valence-electron chi connectivity index (χ3n) is 2.47. The van der Waals surface area contributed by atoms with Gasteiger partial charge in [0.2, 0.25) is 0 Å². The lowest BCUT2D eigenvalue weighted by molar-refractivity contribution is -0.137. The number of carbonyl (C=O) groups excluding carboxylic acids is 1. The molecule has 0 aliphatic rings. The van der Waals surface area contributed by atoms with Crippen LogP contribution in [0.15, 0.2) is 18.2 Å². The zero-order valence-corrected chi connectivity index (χ0v) is 11.5. The zero-order valence-electron chi connectivity index (χ0n) is 10.7. The molecule has 0 aromatic heterocycles. The number of carbonyl (C=O) groups is 2. The number of unbranched alkanes of at least 4 members (excludes halogenated alkanes) is 1. The molecule has 3 N–H and O–H groups in total. The molecule has 0 radical (unpaired) electrons. The zero-order chi connectivity index (χ0) is 14.3. The van der Waals surface area contributed by atoms with Crippen molar-refractivity contribution in [1.82, 2.24) is 5.32 Å². The van der Waals surface area contributed by atoms with Crippen LogP contribution in [0.2, 0.25) is 5.02 Å². The fourth-order valence-electron chi connectivity index (χ4n) is 1.50. The van der Waals surface area contributed by atoms with Crippen LogP contribution in [0.1, 0.15) is 24.8 Å². The molecule has 1 aromatic rings. The first-order valence-corrected chi connectivity index (χ1v) is 6.39. The summed E-state index contributed by atoms with van der Waals surface area (Å²) in [4.78, 5) is 21.9. The molecule has 0 atom stereocenters. The lowest BCUT2D eigenvalue weighted by Gasteiger charge is -2.09. The molecule has 5 nitrogen and oxygen atoms in total. The standard InChI is InChI=1S/C13H17ClN2O3/c1-9-5-6-10(14)11(8-9)16-13(19)15-7-3-2-4-12(17)18/h5-6,8H,2-4,7H2,1H3,(H,17,18)(H2,15,16,19). The number of hydrogen-bond acceptors (Lipinski definition) is 2. The number of aliphatic carboxylic acids is 1. The molecule has 19 heavy (non-hydrogen) atoms. The topological polar surface area (TPSA) is 78.4 Å². The quantitative estimate of drug-likeness (QED) is 0.703. The molecule has 2 amide bonds. The molecule has 0 spiro atoms. The first-order valence-electron chi connectivity index (χ1n) is 6.02. The minimum absolute atomic E-state index is 0.118. The van der Waals surface area contributed by atoms with Gasteiger partial charge in [-0.05, 0) is 37.5 Å². The summed E-state index contributed by atoms with van der Waals surface area (Å²) in [5.41, 5.74) is 1.56. The molecule has 0 heterocycles. The molecule has 6 heteroatoms. The van der Waals surface area contributed by atoms with Gasteiger partial charge in [0.15, 0.2) is 0 Å². The number of halogens is 1. The van der Waals surface area contributed by atoms with E-state index in [1.54, 1.807) is 12.1 Å². The molecular weight excluding hydrogens is 268 g/mol. The first-order chi connectivity index (χ1) is 8.99. The molecule has 0 saturated heterocycles. The average molecular weight is 285 g/mol. The van der Waals surface area contributed by atoms with E-state index in [-0.39, 0.29) is 12.5 Å². The number of carboxylic acids is 1. The summed E-state index contributed by atoms with van der Waals surface area (Å²) in [6.45, 7) is 2.34. The lowest BCUT2D eigenvalue weighted by Crippen LogP contribution is -2.29. The molecule has 0 fully saturated rings. The molecule has 1 rings (SSSR count). The Balaban J connectivity index is 2.31. The van der Waals surface area contributed by atoms with Crippen molar-refractivity contribution in [1.29, 1.82) is 0 Å². The van der Waals surface area contributed by atoms with Crippen molar-refractivity contribution in [2.75, 3.05) is 11.9 Å². The highest BCUT2D eigenvalue weighted by molar-refractivity contribution is 6.33. The monoisotopic (exact) mass is 284 g/mol.